The van der Waals surface area contributed by atoms with Crippen molar-refractivity contribution in [2.75, 3.05) is 44.2 Å². The van der Waals surface area contributed by atoms with Crippen LogP contribution in [0.3, 0.4) is 0 Å². The van der Waals surface area contributed by atoms with E-state index in [9.17, 15) is 13.2 Å². The Labute approximate surface area is 148 Å². The number of nitrogens with zero attached hydrogens (tertiary/aromatic N) is 2. The molecule has 2 rings (SSSR count). The minimum absolute atomic E-state index is 0.0808. The van der Waals surface area contributed by atoms with Crippen LogP contribution in [0.4, 0.5) is 0 Å². The first kappa shape index (κ1) is 19.2. The Morgan fingerprint density at radius 2 is 1.62 bits per heavy atom. The Morgan fingerprint density at radius 1 is 1.04 bits per heavy atom. The molecule has 1 aromatic rings. The molecule has 6 nitrogen and oxygen atoms in total. The van der Waals surface area contributed by atoms with Crippen molar-refractivity contribution in [2.45, 2.75) is 13.0 Å². The van der Waals surface area contributed by atoms with Crippen molar-refractivity contribution in [1.29, 1.82) is 0 Å². The number of sulfone groups is 1. The highest BCUT2D eigenvalue weighted by Gasteiger charge is 2.19. The maximum Gasteiger partial charge on any atom is 0.218 e. The Kier molecular flexibility index (Phi) is 7.03. The zero-order valence-corrected chi connectivity index (χ0v) is 15.2. The summed E-state index contributed by atoms with van der Waals surface area (Å²) in [5.74, 6) is -0.648. The lowest BCUT2D eigenvalue weighted by Gasteiger charge is -2.34. The molecule has 0 radical (unpaired) electrons. The summed E-state index contributed by atoms with van der Waals surface area (Å²) in [7, 11) is -3.21. The third-order valence-electron chi connectivity index (χ3n) is 4.16. The molecule has 1 fully saturated rings. The van der Waals surface area contributed by atoms with Crippen LogP contribution in [-0.4, -0.2) is 68.4 Å². The van der Waals surface area contributed by atoms with E-state index in [2.05, 4.69) is 9.80 Å². The predicted octanol–water partition coefficient (Wildman–Crippen LogP) is 0.748. The number of hydrogen-bond donors (Lipinski definition) is 1. The van der Waals surface area contributed by atoms with Crippen LogP contribution in [0.15, 0.2) is 24.3 Å². The van der Waals surface area contributed by atoms with Crippen LogP contribution in [0.5, 0.6) is 0 Å². The number of primary amides is 1. The largest absolute Gasteiger partial charge is 0.370 e. The standard InChI is InChI=1S/C16H24ClN3O3S/c17-15-3-1-14(2-4-15)13-20-8-6-19(7-9-20)10-12-24(22,23)11-5-16(18)21/h1-4H,5-13H2,(H2,18,21). The summed E-state index contributed by atoms with van der Waals surface area (Å²) < 4.78 is 23.7. The summed E-state index contributed by atoms with van der Waals surface area (Å²) in [4.78, 5) is 15.2. The minimum Gasteiger partial charge on any atom is -0.370 e. The molecule has 1 saturated heterocycles. The van der Waals surface area contributed by atoms with Gasteiger partial charge in [0.15, 0.2) is 9.84 Å². The second-order valence-corrected chi connectivity index (χ2v) is 8.85. The number of hydrogen-bond acceptors (Lipinski definition) is 5. The molecule has 134 valence electrons. The van der Waals surface area contributed by atoms with E-state index in [1.54, 1.807) is 0 Å². The molecule has 1 amide bonds. The highest BCUT2D eigenvalue weighted by Crippen LogP contribution is 2.13. The summed E-state index contributed by atoms with van der Waals surface area (Å²) in [6.07, 6.45) is -0.1000. The molecule has 0 bridgehead atoms. The molecule has 0 saturated carbocycles. The zero-order chi connectivity index (χ0) is 17.6. The lowest BCUT2D eigenvalue weighted by molar-refractivity contribution is -0.117. The van der Waals surface area contributed by atoms with Crippen LogP contribution in [-0.2, 0) is 21.2 Å². The fourth-order valence-electron chi connectivity index (χ4n) is 2.65. The van der Waals surface area contributed by atoms with Gasteiger partial charge in [-0.05, 0) is 17.7 Å². The van der Waals surface area contributed by atoms with E-state index in [1.165, 1.54) is 5.56 Å². The van der Waals surface area contributed by atoms with Gasteiger partial charge in [0.1, 0.15) is 0 Å². The zero-order valence-electron chi connectivity index (χ0n) is 13.7. The predicted molar refractivity (Wildman–Crippen MR) is 95.6 cm³/mol. The average molecular weight is 374 g/mol. The molecule has 0 spiro atoms. The van der Waals surface area contributed by atoms with Crippen molar-refractivity contribution in [2.24, 2.45) is 5.73 Å². The Bertz CT molecular complexity index is 641. The SMILES string of the molecule is NC(=O)CCS(=O)(=O)CCN1CCN(Cc2ccc(Cl)cc2)CC1. The second-order valence-electron chi connectivity index (χ2n) is 6.11. The van der Waals surface area contributed by atoms with Gasteiger partial charge in [0.2, 0.25) is 5.91 Å². The third-order valence-corrected chi connectivity index (χ3v) is 6.05. The van der Waals surface area contributed by atoms with Crippen LogP contribution in [0.1, 0.15) is 12.0 Å². The number of nitrogens with two attached hydrogens (primary N) is 1. The third kappa shape index (κ3) is 6.76. The van der Waals surface area contributed by atoms with Crippen LogP contribution < -0.4 is 5.73 Å². The normalized spacial score (nSPS) is 17.0. The molecular formula is C16H24ClN3O3S. The number of carbonyl (C=O) groups is 1. The van der Waals surface area contributed by atoms with Crippen LogP contribution in [0, 0.1) is 0 Å². The van der Waals surface area contributed by atoms with Gasteiger partial charge < -0.3 is 5.73 Å². The van der Waals surface area contributed by atoms with Crippen molar-refractivity contribution in [3.63, 3.8) is 0 Å². The summed E-state index contributed by atoms with van der Waals surface area (Å²) in [5, 5.41) is 0.737. The summed E-state index contributed by atoms with van der Waals surface area (Å²) >= 11 is 5.89. The first-order valence-corrected chi connectivity index (χ1v) is 10.2. The van der Waals surface area contributed by atoms with Gasteiger partial charge in [0, 0.05) is 50.7 Å². The number of piperazine rings is 1. The molecule has 0 atom stereocenters. The minimum atomic E-state index is -3.21. The number of halogens is 1. The molecule has 1 aliphatic heterocycles. The Balaban J connectivity index is 1.70. The molecular weight excluding hydrogens is 350 g/mol. The quantitative estimate of drug-likeness (QED) is 0.726. The average Bonchev–Trinajstić information content (AvgIpc) is 2.55. The van der Waals surface area contributed by atoms with E-state index in [0.29, 0.717) is 6.54 Å². The van der Waals surface area contributed by atoms with Crippen molar-refractivity contribution >= 4 is 27.3 Å². The first-order valence-electron chi connectivity index (χ1n) is 8.02. The fraction of sp³-hybridized carbons (Fsp3) is 0.562. The van der Waals surface area contributed by atoms with Crippen LogP contribution in [0.25, 0.3) is 0 Å². The van der Waals surface area contributed by atoms with Gasteiger partial charge in [0.25, 0.3) is 0 Å². The monoisotopic (exact) mass is 373 g/mol. The molecule has 1 heterocycles. The number of amides is 1. The van der Waals surface area contributed by atoms with Crippen molar-refractivity contribution < 1.29 is 13.2 Å². The second kappa shape index (κ2) is 8.80. The molecule has 1 aliphatic rings. The summed E-state index contributed by atoms with van der Waals surface area (Å²) in [6, 6.07) is 7.84. The van der Waals surface area contributed by atoms with E-state index >= 15 is 0 Å². The lowest BCUT2D eigenvalue weighted by Crippen LogP contribution is -2.47. The van der Waals surface area contributed by atoms with Crippen molar-refractivity contribution in [1.82, 2.24) is 9.80 Å². The maximum absolute atomic E-state index is 11.9. The Morgan fingerprint density at radius 3 is 2.21 bits per heavy atom. The van der Waals surface area contributed by atoms with Crippen molar-refractivity contribution in [3.8, 4) is 0 Å². The molecule has 2 N–H and O–H groups in total. The van der Waals surface area contributed by atoms with Gasteiger partial charge in [0.05, 0.1) is 11.5 Å². The number of carbonyl (C=O) groups excluding carboxylic acids is 1. The molecule has 1 aromatic carbocycles. The maximum atomic E-state index is 11.9. The topological polar surface area (TPSA) is 83.7 Å². The first-order chi connectivity index (χ1) is 11.3. The van der Waals surface area contributed by atoms with Gasteiger partial charge >= 0.3 is 0 Å². The van der Waals surface area contributed by atoms with E-state index in [-0.39, 0.29) is 17.9 Å². The van der Waals surface area contributed by atoms with Gasteiger partial charge in [-0.1, -0.05) is 23.7 Å². The number of rotatable bonds is 8. The van der Waals surface area contributed by atoms with E-state index in [0.717, 1.165) is 37.7 Å². The van der Waals surface area contributed by atoms with Crippen LogP contribution in [0.2, 0.25) is 5.02 Å². The number of benzene rings is 1. The van der Waals surface area contributed by atoms with Gasteiger partial charge in [-0.2, -0.15) is 0 Å². The molecule has 0 aromatic heterocycles. The van der Waals surface area contributed by atoms with Gasteiger partial charge in [-0.3, -0.25) is 14.6 Å². The van der Waals surface area contributed by atoms with Crippen molar-refractivity contribution in [3.05, 3.63) is 34.9 Å². The van der Waals surface area contributed by atoms with Gasteiger partial charge in [-0.15, -0.1) is 0 Å². The summed E-state index contributed by atoms with van der Waals surface area (Å²) in [6.45, 7) is 4.89. The smallest absolute Gasteiger partial charge is 0.218 e. The highest BCUT2D eigenvalue weighted by atomic mass is 35.5. The van der Waals surface area contributed by atoms with E-state index < -0.39 is 15.7 Å². The highest BCUT2D eigenvalue weighted by molar-refractivity contribution is 7.91. The molecule has 8 heteroatoms. The van der Waals surface area contributed by atoms with Gasteiger partial charge in [-0.25, -0.2) is 8.42 Å². The van der Waals surface area contributed by atoms with E-state index in [1.807, 2.05) is 24.3 Å². The lowest BCUT2D eigenvalue weighted by atomic mass is 10.2. The fourth-order valence-corrected chi connectivity index (χ4v) is 4.02. The molecule has 24 heavy (non-hydrogen) atoms. The summed E-state index contributed by atoms with van der Waals surface area (Å²) in [5.41, 5.74) is 6.22. The molecule has 0 unspecified atom stereocenters. The van der Waals surface area contributed by atoms with E-state index in [4.69, 9.17) is 17.3 Å². The molecule has 0 aliphatic carbocycles. The Hall–Kier alpha value is -1.15. The van der Waals surface area contributed by atoms with Crippen LogP contribution >= 0.6 is 11.6 Å².